The Bertz CT molecular complexity index is 853. The molecule has 1 N–H and O–H groups in total. The van der Waals surface area contributed by atoms with Gasteiger partial charge in [-0.1, -0.05) is 16.8 Å². The highest BCUT2D eigenvalue weighted by Gasteiger charge is 2.22. The number of oxime groups is 1. The van der Waals surface area contributed by atoms with E-state index in [1.54, 1.807) is 13.0 Å². The van der Waals surface area contributed by atoms with Crippen molar-refractivity contribution in [1.29, 1.82) is 0 Å². The monoisotopic (exact) mass is 481 g/mol. The smallest absolute Gasteiger partial charge is 0.339 e. The Kier molecular flexibility index (Phi) is 6.30. The fourth-order valence-electron chi connectivity index (χ4n) is 1.83. The summed E-state index contributed by atoms with van der Waals surface area (Å²) in [6, 6.07) is 8.78. The first kappa shape index (κ1) is 18.8. The highest BCUT2D eigenvalue weighted by atomic mass is 127. The molecule has 0 aliphatic heterocycles. The molecule has 128 valence electrons. The van der Waals surface area contributed by atoms with Crippen LogP contribution in [-0.4, -0.2) is 26.4 Å². The molecule has 6 nitrogen and oxygen atoms in total. The topological polar surface area (TPSA) is 85.2 Å². The molecule has 0 aliphatic rings. The second-order valence-corrected chi connectivity index (χ2v) is 7.64. The first-order valence-corrected chi connectivity index (χ1v) is 9.57. The van der Waals surface area contributed by atoms with Gasteiger partial charge in [0.2, 0.25) is 0 Å². The largest absolute Gasteiger partial charge is 0.490 e. The van der Waals surface area contributed by atoms with Crippen molar-refractivity contribution in [3.8, 4) is 11.5 Å². The molecular weight excluding hydrogens is 469 g/mol. The molecule has 0 aliphatic carbocycles. The van der Waals surface area contributed by atoms with E-state index in [1.165, 1.54) is 36.5 Å². The Morgan fingerprint density at radius 3 is 2.54 bits per heavy atom. The second kappa shape index (κ2) is 8.04. The van der Waals surface area contributed by atoms with Gasteiger partial charge in [-0.3, -0.25) is 0 Å². The van der Waals surface area contributed by atoms with Crippen LogP contribution in [0.2, 0.25) is 5.02 Å². The van der Waals surface area contributed by atoms with Crippen LogP contribution in [-0.2, 0) is 10.1 Å². The minimum Gasteiger partial charge on any atom is -0.490 e. The maximum absolute atomic E-state index is 12.4. The first-order valence-electron chi connectivity index (χ1n) is 6.71. The van der Waals surface area contributed by atoms with Gasteiger partial charge in [0.05, 0.1) is 16.4 Å². The van der Waals surface area contributed by atoms with E-state index in [1.807, 2.05) is 22.6 Å². The Morgan fingerprint density at radius 1 is 1.29 bits per heavy atom. The third kappa shape index (κ3) is 4.52. The van der Waals surface area contributed by atoms with Crippen LogP contribution in [0.25, 0.3) is 0 Å². The lowest BCUT2D eigenvalue weighted by Gasteiger charge is -2.14. The van der Waals surface area contributed by atoms with Gasteiger partial charge in [-0.25, -0.2) is 0 Å². The van der Waals surface area contributed by atoms with Gasteiger partial charge in [-0.2, -0.15) is 8.42 Å². The molecule has 9 heteroatoms. The van der Waals surface area contributed by atoms with Crippen molar-refractivity contribution in [3.05, 3.63) is 50.6 Å². The molecular formula is C15H13ClINO5S. The van der Waals surface area contributed by atoms with E-state index in [-0.39, 0.29) is 16.4 Å². The van der Waals surface area contributed by atoms with Crippen molar-refractivity contribution in [2.45, 2.75) is 11.8 Å². The highest BCUT2D eigenvalue weighted by Crippen LogP contribution is 2.36. The molecule has 0 unspecified atom stereocenters. The summed E-state index contributed by atoms with van der Waals surface area (Å²) in [5, 5.41) is 12.0. The molecule has 0 aromatic heterocycles. The predicted octanol–water partition coefficient (Wildman–Crippen LogP) is 3.92. The molecule has 0 bridgehead atoms. The van der Waals surface area contributed by atoms with E-state index in [4.69, 9.17) is 25.7 Å². The van der Waals surface area contributed by atoms with E-state index >= 15 is 0 Å². The van der Waals surface area contributed by atoms with Gasteiger partial charge in [-0.15, -0.1) is 0 Å². The SMILES string of the molecule is CCOc1cc(/C=N\O)cc(I)c1OS(=O)(=O)c1ccc(Cl)cc1. The molecule has 2 aromatic carbocycles. The average molecular weight is 482 g/mol. The summed E-state index contributed by atoms with van der Waals surface area (Å²) in [5.74, 6) is 0.305. The summed E-state index contributed by atoms with van der Waals surface area (Å²) in [6.07, 6.45) is 1.21. The zero-order valence-corrected chi connectivity index (χ0v) is 16.2. The van der Waals surface area contributed by atoms with Gasteiger partial charge in [0.1, 0.15) is 4.90 Å². The maximum atomic E-state index is 12.4. The summed E-state index contributed by atoms with van der Waals surface area (Å²) in [4.78, 5) is -0.0221. The van der Waals surface area contributed by atoms with Crippen LogP contribution in [0.1, 0.15) is 12.5 Å². The Morgan fingerprint density at radius 2 is 1.96 bits per heavy atom. The van der Waals surface area contributed by atoms with E-state index < -0.39 is 10.1 Å². The lowest BCUT2D eigenvalue weighted by molar-refractivity contribution is 0.321. The minimum atomic E-state index is -4.05. The van der Waals surface area contributed by atoms with E-state index in [2.05, 4.69) is 5.16 Å². The lowest BCUT2D eigenvalue weighted by atomic mass is 10.2. The van der Waals surface area contributed by atoms with Crippen LogP contribution in [0.15, 0.2) is 46.4 Å². The van der Waals surface area contributed by atoms with E-state index in [0.717, 1.165) is 0 Å². The lowest BCUT2D eigenvalue weighted by Crippen LogP contribution is -2.12. The zero-order valence-electron chi connectivity index (χ0n) is 12.4. The summed E-state index contributed by atoms with van der Waals surface area (Å²) < 4.78 is 36.1. The molecule has 0 amide bonds. The van der Waals surface area contributed by atoms with Crippen molar-refractivity contribution in [2.75, 3.05) is 6.61 Å². The highest BCUT2D eigenvalue weighted by molar-refractivity contribution is 14.1. The third-order valence-corrected chi connectivity index (χ3v) is 5.12. The molecule has 0 atom stereocenters. The standard InChI is InChI=1S/C15H13ClINO5S/c1-2-22-14-8-10(9-18-19)7-13(17)15(14)23-24(20,21)12-5-3-11(16)4-6-12/h3-9,19H,2H2,1H3/b18-9-. The van der Waals surface area contributed by atoms with Crippen LogP contribution in [0.3, 0.4) is 0 Å². The van der Waals surface area contributed by atoms with Crippen molar-refractivity contribution in [3.63, 3.8) is 0 Å². The number of benzene rings is 2. The molecule has 2 aromatic rings. The van der Waals surface area contributed by atoms with E-state index in [9.17, 15) is 8.42 Å². The Balaban J connectivity index is 2.45. The number of hydrogen-bond acceptors (Lipinski definition) is 6. The fourth-order valence-corrected chi connectivity index (χ4v) is 3.80. The van der Waals surface area contributed by atoms with Crippen LogP contribution < -0.4 is 8.92 Å². The fraction of sp³-hybridized carbons (Fsp3) is 0.133. The van der Waals surface area contributed by atoms with Gasteiger partial charge in [-0.05, 0) is 65.9 Å². The molecule has 0 radical (unpaired) electrons. The normalized spacial score (nSPS) is 11.6. The van der Waals surface area contributed by atoms with E-state index in [0.29, 0.717) is 20.8 Å². The van der Waals surface area contributed by atoms with Crippen molar-refractivity contribution in [1.82, 2.24) is 0 Å². The van der Waals surface area contributed by atoms with Gasteiger partial charge >= 0.3 is 10.1 Å². The van der Waals surface area contributed by atoms with Gasteiger partial charge < -0.3 is 14.1 Å². The summed E-state index contributed by atoms with van der Waals surface area (Å²) in [7, 11) is -4.05. The van der Waals surface area contributed by atoms with Gasteiger partial charge in [0.15, 0.2) is 11.5 Å². The van der Waals surface area contributed by atoms with Crippen molar-refractivity contribution in [2.24, 2.45) is 5.16 Å². The Hall–Kier alpha value is -1.52. The quantitative estimate of drug-likeness (QED) is 0.222. The van der Waals surface area contributed by atoms with Crippen molar-refractivity contribution < 1.29 is 22.5 Å². The zero-order chi connectivity index (χ0) is 17.7. The van der Waals surface area contributed by atoms with Gasteiger partial charge in [0, 0.05) is 10.6 Å². The third-order valence-electron chi connectivity index (χ3n) is 2.83. The average Bonchev–Trinajstić information content (AvgIpc) is 2.52. The van der Waals surface area contributed by atoms with Gasteiger partial charge in [0.25, 0.3) is 0 Å². The molecule has 0 saturated carbocycles. The number of halogens is 2. The summed E-state index contributed by atoms with van der Waals surface area (Å²) in [6.45, 7) is 2.07. The number of nitrogens with zero attached hydrogens (tertiary/aromatic N) is 1. The van der Waals surface area contributed by atoms with Crippen LogP contribution in [0, 0.1) is 3.57 Å². The molecule has 0 spiro atoms. The number of rotatable bonds is 6. The molecule has 0 heterocycles. The second-order valence-electron chi connectivity index (χ2n) is 4.50. The van der Waals surface area contributed by atoms with Crippen LogP contribution in [0.5, 0.6) is 11.5 Å². The molecule has 0 fully saturated rings. The number of hydrogen-bond donors (Lipinski definition) is 1. The first-order chi connectivity index (χ1) is 11.4. The van der Waals surface area contributed by atoms with Crippen molar-refractivity contribution >= 4 is 50.5 Å². The number of ether oxygens (including phenoxy) is 1. The Labute approximate surface area is 158 Å². The minimum absolute atomic E-state index is 0.0221. The molecule has 2 rings (SSSR count). The summed E-state index contributed by atoms with van der Waals surface area (Å²) in [5.41, 5.74) is 0.543. The summed E-state index contributed by atoms with van der Waals surface area (Å²) >= 11 is 7.69. The predicted molar refractivity (Wildman–Crippen MR) is 99.0 cm³/mol. The molecule has 24 heavy (non-hydrogen) atoms. The van der Waals surface area contributed by atoms with Crippen LogP contribution >= 0.6 is 34.2 Å². The van der Waals surface area contributed by atoms with Crippen LogP contribution in [0.4, 0.5) is 0 Å². The maximum Gasteiger partial charge on any atom is 0.339 e. The molecule has 0 saturated heterocycles.